The zero-order valence-electron chi connectivity index (χ0n) is 17.1. The number of nitrogens with one attached hydrogen (secondary N) is 2. The van der Waals surface area contributed by atoms with Crippen molar-refractivity contribution >= 4 is 40.4 Å². The normalized spacial score (nSPS) is 16.4. The van der Waals surface area contributed by atoms with Crippen LogP contribution in [0.5, 0.6) is 5.75 Å². The van der Waals surface area contributed by atoms with Crippen molar-refractivity contribution in [2.24, 2.45) is 0 Å². The van der Waals surface area contributed by atoms with Gasteiger partial charge in [-0.25, -0.2) is 0 Å². The summed E-state index contributed by atoms with van der Waals surface area (Å²) in [4.78, 5) is 6.12. The van der Waals surface area contributed by atoms with Crippen molar-refractivity contribution in [1.82, 2.24) is 20.5 Å². The Labute approximate surface area is 195 Å². The van der Waals surface area contributed by atoms with Crippen molar-refractivity contribution in [3.8, 4) is 5.75 Å². The molecule has 2 aromatic heterocycles. The maximum atomic E-state index is 8.60. The number of nitrogen functional groups attached to an aromatic ring is 1. The molecule has 4 N–H and O–H groups in total. The van der Waals surface area contributed by atoms with E-state index in [-0.39, 0.29) is 17.9 Å². The van der Waals surface area contributed by atoms with E-state index in [4.69, 9.17) is 39.1 Å². The number of ether oxygens (including phenoxy) is 1. The average Bonchev–Trinajstić information content (AvgIpc) is 2.72. The second kappa shape index (κ2) is 8.20. The summed E-state index contributed by atoms with van der Waals surface area (Å²) < 4.78 is 5.85. The number of pyridine rings is 1. The number of rotatable bonds is 6. The Hall–Kier alpha value is -2.94. The summed E-state index contributed by atoms with van der Waals surface area (Å²) in [5, 5.41) is 21.5. The van der Waals surface area contributed by atoms with Crippen molar-refractivity contribution in [2.45, 2.75) is 18.6 Å². The maximum absolute atomic E-state index is 8.60. The summed E-state index contributed by atoms with van der Waals surface area (Å²) in [7, 11) is 0. The van der Waals surface area contributed by atoms with Gasteiger partial charge in [-0.15, -0.1) is 10.2 Å². The van der Waals surface area contributed by atoms with Gasteiger partial charge >= 0.3 is 0 Å². The van der Waals surface area contributed by atoms with Crippen molar-refractivity contribution in [3.63, 3.8) is 0 Å². The van der Waals surface area contributed by atoms with Crippen LogP contribution in [-0.4, -0.2) is 46.1 Å². The van der Waals surface area contributed by atoms with Crippen molar-refractivity contribution in [2.75, 3.05) is 30.3 Å². The highest BCUT2D eigenvalue weighted by Gasteiger charge is 2.47. The smallest absolute Gasteiger partial charge is 0.151 e. The van der Waals surface area contributed by atoms with Gasteiger partial charge in [0, 0.05) is 42.3 Å². The van der Waals surface area contributed by atoms with Crippen LogP contribution in [0.4, 0.5) is 11.5 Å². The molecule has 0 radical (unpaired) electrons. The van der Waals surface area contributed by atoms with Crippen LogP contribution in [0.3, 0.4) is 0 Å². The standard InChI is InChI=1S/C22H21Cl2N7O/c23-16-8-27-9-17(24)15(16)10-32-13-1-2-18(25)14(7-13)21(26)19-3-4-20(30-29-19)31-11-22(12-31)5-6-28-22/h1-4,7-9,26,28H,5-6,10-12,25H2. The molecule has 0 amide bonds. The van der Waals surface area contributed by atoms with E-state index < -0.39 is 0 Å². The fraction of sp³-hybridized carbons (Fsp3) is 0.273. The topological polar surface area (TPSA) is 113 Å². The average molecular weight is 470 g/mol. The first-order chi connectivity index (χ1) is 15.4. The molecular formula is C22H21Cl2N7O. The maximum Gasteiger partial charge on any atom is 0.151 e. The van der Waals surface area contributed by atoms with E-state index in [1.165, 1.54) is 18.8 Å². The highest BCUT2D eigenvalue weighted by atomic mass is 35.5. The quantitative estimate of drug-likeness (QED) is 0.374. The van der Waals surface area contributed by atoms with Crippen LogP contribution in [0.15, 0.2) is 42.7 Å². The summed E-state index contributed by atoms with van der Waals surface area (Å²) in [6, 6.07) is 8.83. The van der Waals surface area contributed by atoms with Gasteiger partial charge in [-0.2, -0.15) is 0 Å². The molecule has 8 nitrogen and oxygen atoms in total. The highest BCUT2D eigenvalue weighted by molar-refractivity contribution is 6.35. The van der Waals surface area contributed by atoms with Gasteiger partial charge in [-0.3, -0.25) is 10.4 Å². The van der Waals surface area contributed by atoms with Gasteiger partial charge < -0.3 is 20.7 Å². The van der Waals surface area contributed by atoms with E-state index >= 15 is 0 Å². The zero-order chi connectivity index (χ0) is 22.3. The molecule has 4 heterocycles. The number of benzene rings is 1. The molecule has 0 aliphatic carbocycles. The van der Waals surface area contributed by atoms with Crippen LogP contribution >= 0.6 is 23.2 Å². The molecule has 0 saturated carbocycles. The Kier molecular flexibility index (Phi) is 5.36. The molecule has 2 aliphatic rings. The molecule has 0 atom stereocenters. The molecule has 10 heteroatoms. The molecule has 5 rings (SSSR count). The van der Waals surface area contributed by atoms with Gasteiger partial charge in [0.15, 0.2) is 5.82 Å². The van der Waals surface area contributed by atoms with E-state index in [1.807, 2.05) is 6.07 Å². The molecule has 2 fully saturated rings. The predicted octanol–water partition coefficient (Wildman–Crippen LogP) is 3.31. The van der Waals surface area contributed by atoms with Crippen LogP contribution < -0.4 is 20.7 Å². The Balaban J connectivity index is 1.29. The van der Waals surface area contributed by atoms with Crippen LogP contribution in [-0.2, 0) is 6.61 Å². The lowest BCUT2D eigenvalue weighted by Crippen LogP contribution is -2.76. The second-order valence-corrected chi connectivity index (χ2v) is 8.90. The van der Waals surface area contributed by atoms with Gasteiger partial charge in [-0.1, -0.05) is 23.2 Å². The van der Waals surface area contributed by atoms with Gasteiger partial charge in [0.05, 0.1) is 21.3 Å². The molecule has 32 heavy (non-hydrogen) atoms. The first-order valence-corrected chi connectivity index (χ1v) is 10.9. The number of aromatic nitrogens is 3. The molecule has 2 aliphatic heterocycles. The predicted molar refractivity (Wildman–Crippen MR) is 125 cm³/mol. The number of halogens is 2. The minimum absolute atomic E-state index is 0.164. The molecule has 0 unspecified atom stereocenters. The third-order valence-corrected chi connectivity index (χ3v) is 6.60. The fourth-order valence-electron chi connectivity index (χ4n) is 3.93. The Morgan fingerprint density at radius 2 is 1.91 bits per heavy atom. The lowest BCUT2D eigenvalue weighted by atomic mass is 9.80. The van der Waals surface area contributed by atoms with Crippen molar-refractivity contribution < 1.29 is 4.74 Å². The molecule has 1 spiro atoms. The first kappa shape index (κ1) is 20.9. The summed E-state index contributed by atoms with van der Waals surface area (Å²) in [5.41, 5.74) is 8.62. The van der Waals surface area contributed by atoms with Crippen LogP contribution in [0, 0.1) is 5.41 Å². The van der Waals surface area contributed by atoms with E-state index in [9.17, 15) is 0 Å². The fourth-order valence-corrected chi connectivity index (χ4v) is 4.41. The van der Waals surface area contributed by atoms with Crippen molar-refractivity contribution in [1.29, 1.82) is 5.41 Å². The Morgan fingerprint density at radius 1 is 1.16 bits per heavy atom. The minimum Gasteiger partial charge on any atom is -0.489 e. The minimum atomic E-state index is 0.164. The summed E-state index contributed by atoms with van der Waals surface area (Å²) in [6.45, 7) is 3.13. The number of hydrogen-bond donors (Lipinski definition) is 3. The lowest BCUT2D eigenvalue weighted by molar-refractivity contribution is 0.158. The van der Waals surface area contributed by atoms with Gasteiger partial charge in [-0.05, 0) is 43.3 Å². The summed E-state index contributed by atoms with van der Waals surface area (Å²) in [6.07, 6.45) is 4.24. The molecule has 0 bridgehead atoms. The van der Waals surface area contributed by atoms with Crippen LogP contribution in [0.1, 0.15) is 23.2 Å². The van der Waals surface area contributed by atoms with Crippen molar-refractivity contribution in [3.05, 3.63) is 69.6 Å². The van der Waals surface area contributed by atoms with Gasteiger partial charge in [0.1, 0.15) is 18.1 Å². The zero-order valence-corrected chi connectivity index (χ0v) is 18.6. The number of anilines is 2. The lowest BCUT2D eigenvalue weighted by Gasteiger charge is -2.56. The number of nitrogens with zero attached hydrogens (tertiary/aromatic N) is 4. The second-order valence-electron chi connectivity index (χ2n) is 8.08. The Morgan fingerprint density at radius 3 is 2.53 bits per heavy atom. The molecule has 1 aromatic carbocycles. The largest absolute Gasteiger partial charge is 0.489 e. The molecule has 3 aromatic rings. The summed E-state index contributed by atoms with van der Waals surface area (Å²) in [5.74, 6) is 1.35. The van der Waals surface area contributed by atoms with Crippen LogP contribution in [0.2, 0.25) is 10.0 Å². The van der Waals surface area contributed by atoms with E-state index in [0.717, 1.165) is 25.5 Å². The first-order valence-electron chi connectivity index (χ1n) is 10.2. The highest BCUT2D eigenvalue weighted by Crippen LogP contribution is 2.33. The van der Waals surface area contributed by atoms with Crippen LogP contribution in [0.25, 0.3) is 0 Å². The van der Waals surface area contributed by atoms with E-state index in [0.29, 0.717) is 38.3 Å². The van der Waals surface area contributed by atoms with Gasteiger partial charge in [0.2, 0.25) is 0 Å². The Bertz CT molecular complexity index is 1150. The molecule has 164 valence electrons. The molecular weight excluding hydrogens is 449 g/mol. The third-order valence-electron chi connectivity index (χ3n) is 5.95. The third kappa shape index (κ3) is 3.85. The number of hydrogen-bond acceptors (Lipinski definition) is 8. The SMILES string of the molecule is N=C(c1ccc(N2CC3(CCN3)C2)nn1)c1cc(OCc2c(Cl)cncc2Cl)ccc1N. The summed E-state index contributed by atoms with van der Waals surface area (Å²) >= 11 is 12.3. The van der Waals surface area contributed by atoms with Gasteiger partial charge in [0.25, 0.3) is 0 Å². The monoisotopic (exact) mass is 469 g/mol. The van der Waals surface area contributed by atoms with E-state index in [1.54, 1.807) is 24.3 Å². The number of nitrogens with two attached hydrogens (primary N) is 1. The molecule has 2 saturated heterocycles. The van der Waals surface area contributed by atoms with E-state index in [2.05, 4.69) is 25.4 Å².